The van der Waals surface area contributed by atoms with Crippen LogP contribution in [0.1, 0.15) is 5.56 Å². The van der Waals surface area contributed by atoms with E-state index in [-0.39, 0.29) is 6.67 Å². The predicted molar refractivity (Wildman–Crippen MR) is 65.1 cm³/mol. The van der Waals surface area contributed by atoms with Gasteiger partial charge in [0.05, 0.1) is 6.67 Å². The van der Waals surface area contributed by atoms with Crippen molar-refractivity contribution in [2.45, 2.75) is 0 Å². The molecule has 0 saturated heterocycles. The first kappa shape index (κ1) is 11.6. The van der Waals surface area contributed by atoms with E-state index in [1.54, 1.807) is 12.1 Å². The molecule has 0 heterocycles. The third-order valence-corrected chi connectivity index (χ3v) is 1.83. The van der Waals surface area contributed by atoms with Crippen LogP contribution in [0.5, 0.6) is 0 Å². The molecule has 1 rings (SSSR count). The smallest absolute Gasteiger partial charge is 0.160 e. The molecule has 0 aromatic heterocycles. The van der Waals surface area contributed by atoms with Crippen LogP contribution in [0.15, 0.2) is 39.2 Å². The highest BCUT2D eigenvalue weighted by atomic mass is 35.5. The highest BCUT2D eigenvalue weighted by Crippen LogP contribution is 2.11. The molecule has 0 aliphatic heterocycles. The van der Waals surface area contributed by atoms with Gasteiger partial charge in [0.2, 0.25) is 0 Å². The Labute approximate surface area is 93.2 Å². The summed E-state index contributed by atoms with van der Waals surface area (Å²) in [5.74, 6) is 0.467. The molecule has 5 heteroatoms. The van der Waals surface area contributed by atoms with Gasteiger partial charge < -0.3 is 5.73 Å². The van der Waals surface area contributed by atoms with Crippen molar-refractivity contribution in [3.05, 3.63) is 34.9 Å². The van der Waals surface area contributed by atoms with Crippen molar-refractivity contribution in [1.29, 1.82) is 0 Å². The Bertz CT molecular complexity index is 398. The molecule has 0 atom stereocenters. The van der Waals surface area contributed by atoms with Crippen molar-refractivity contribution in [3.8, 4) is 0 Å². The second-order valence-electron chi connectivity index (χ2n) is 2.60. The van der Waals surface area contributed by atoms with Crippen molar-refractivity contribution in [2.24, 2.45) is 20.7 Å². The van der Waals surface area contributed by atoms with Gasteiger partial charge in [0.1, 0.15) is 6.34 Å². The largest absolute Gasteiger partial charge is 0.312 e. The molecule has 0 aliphatic carbocycles. The van der Waals surface area contributed by atoms with Crippen molar-refractivity contribution >= 4 is 30.5 Å². The summed E-state index contributed by atoms with van der Waals surface area (Å²) in [6.45, 7) is 3.63. The van der Waals surface area contributed by atoms with Crippen molar-refractivity contribution in [1.82, 2.24) is 0 Å². The van der Waals surface area contributed by atoms with Gasteiger partial charge in [0.15, 0.2) is 5.84 Å². The number of benzene rings is 1. The first-order valence-electron chi connectivity index (χ1n) is 4.26. The number of hydrogen-bond acceptors (Lipinski definition) is 2. The molecule has 0 unspecified atom stereocenters. The molecule has 0 spiro atoms. The average molecular weight is 223 g/mol. The summed E-state index contributed by atoms with van der Waals surface area (Å²) in [5, 5.41) is 0.625. The fraction of sp³-hybridized carbons (Fsp3) is 0.100. The van der Waals surface area contributed by atoms with Gasteiger partial charge in [-0.15, -0.1) is 0 Å². The fourth-order valence-electron chi connectivity index (χ4n) is 0.977. The van der Waals surface area contributed by atoms with E-state index < -0.39 is 0 Å². The normalized spacial score (nSPS) is 12.0. The number of rotatable bonds is 3. The number of hydrogen-bond donors (Lipinski definition) is 1. The van der Waals surface area contributed by atoms with Gasteiger partial charge in [0.25, 0.3) is 0 Å². The van der Waals surface area contributed by atoms with Crippen LogP contribution in [0.2, 0.25) is 5.02 Å². The van der Waals surface area contributed by atoms with Crippen LogP contribution in [-0.2, 0) is 0 Å². The molecule has 0 radical (unpaired) electrons. The Morgan fingerprint density at radius 2 is 2.33 bits per heavy atom. The van der Waals surface area contributed by atoms with Crippen LogP contribution < -0.4 is 5.73 Å². The molecule has 1 aromatic carbocycles. The van der Waals surface area contributed by atoms with E-state index >= 15 is 0 Å². The molecular weight excluding hydrogens is 212 g/mol. The third-order valence-electron chi connectivity index (χ3n) is 1.60. The lowest BCUT2D eigenvalue weighted by Gasteiger charge is -1.98. The van der Waals surface area contributed by atoms with Crippen molar-refractivity contribution in [3.63, 3.8) is 0 Å². The number of amidine groups is 1. The zero-order chi connectivity index (χ0) is 11.1. The topological polar surface area (TPSA) is 63.1 Å². The lowest BCUT2D eigenvalue weighted by molar-refractivity contribution is 1.07. The van der Waals surface area contributed by atoms with Gasteiger partial charge >= 0.3 is 0 Å². The van der Waals surface area contributed by atoms with Gasteiger partial charge in [-0.3, -0.25) is 4.99 Å². The van der Waals surface area contributed by atoms with E-state index in [0.717, 1.165) is 5.56 Å². The quantitative estimate of drug-likeness (QED) is 0.615. The Balaban J connectivity index is 2.97. The minimum atomic E-state index is 0.198. The van der Waals surface area contributed by atoms with Crippen LogP contribution in [0.25, 0.3) is 0 Å². The first-order chi connectivity index (χ1) is 7.27. The molecule has 0 fully saturated rings. The SMILES string of the molecule is C=NC(=N/C=N\CN)c1cccc(Cl)c1. The molecule has 4 nitrogen and oxygen atoms in total. The van der Waals surface area contributed by atoms with Crippen molar-refractivity contribution < 1.29 is 0 Å². The maximum absolute atomic E-state index is 5.84. The zero-order valence-electron chi connectivity index (χ0n) is 8.10. The lowest BCUT2D eigenvalue weighted by Crippen LogP contribution is -1.98. The molecule has 0 bridgehead atoms. The van der Waals surface area contributed by atoms with Crippen LogP contribution in [0.3, 0.4) is 0 Å². The molecule has 2 N–H and O–H groups in total. The zero-order valence-corrected chi connectivity index (χ0v) is 8.85. The van der Waals surface area contributed by atoms with Crippen LogP contribution in [-0.4, -0.2) is 25.6 Å². The monoisotopic (exact) mass is 222 g/mol. The van der Waals surface area contributed by atoms with Gasteiger partial charge in [0, 0.05) is 10.6 Å². The number of nitrogens with two attached hydrogens (primary N) is 1. The van der Waals surface area contributed by atoms with E-state index in [4.69, 9.17) is 17.3 Å². The second kappa shape index (κ2) is 6.06. The highest BCUT2D eigenvalue weighted by molar-refractivity contribution is 6.31. The fourth-order valence-corrected chi connectivity index (χ4v) is 1.17. The molecular formula is C10H11ClN4. The average Bonchev–Trinajstić information content (AvgIpc) is 2.24. The highest BCUT2D eigenvalue weighted by Gasteiger charge is 1.99. The predicted octanol–water partition coefficient (Wildman–Crippen LogP) is 1.73. The van der Waals surface area contributed by atoms with E-state index in [1.807, 2.05) is 12.1 Å². The Hall–Kier alpha value is -1.52. The Kier molecular flexibility index (Phi) is 4.66. The van der Waals surface area contributed by atoms with Gasteiger partial charge in [-0.05, 0) is 18.9 Å². The van der Waals surface area contributed by atoms with Crippen molar-refractivity contribution in [2.75, 3.05) is 6.67 Å². The third kappa shape index (κ3) is 3.61. The molecule has 0 saturated carbocycles. The van der Waals surface area contributed by atoms with E-state index in [2.05, 4.69) is 21.7 Å². The maximum Gasteiger partial charge on any atom is 0.160 e. The number of halogens is 1. The first-order valence-corrected chi connectivity index (χ1v) is 4.64. The number of aliphatic imine (C=N–C) groups is 3. The van der Waals surface area contributed by atoms with Crippen LogP contribution in [0, 0.1) is 0 Å². The lowest BCUT2D eigenvalue weighted by atomic mass is 10.2. The van der Waals surface area contributed by atoms with Gasteiger partial charge in [-0.25, -0.2) is 9.98 Å². The summed E-state index contributed by atoms with van der Waals surface area (Å²) in [5.41, 5.74) is 5.98. The summed E-state index contributed by atoms with van der Waals surface area (Å²) in [6, 6.07) is 7.19. The summed E-state index contributed by atoms with van der Waals surface area (Å²) in [6.07, 6.45) is 1.35. The Morgan fingerprint density at radius 3 is 2.93 bits per heavy atom. The van der Waals surface area contributed by atoms with E-state index in [0.29, 0.717) is 10.9 Å². The van der Waals surface area contributed by atoms with Gasteiger partial charge in [-0.2, -0.15) is 0 Å². The molecule has 78 valence electrons. The summed E-state index contributed by atoms with van der Waals surface area (Å²) >= 11 is 5.84. The summed E-state index contributed by atoms with van der Waals surface area (Å²) in [7, 11) is 0. The standard InChI is InChI=1S/C10H11ClN4/c1-13-10(15-7-14-6-12)8-3-2-4-9(11)5-8/h2-5,7H,1,6,12H2/b14-7-,15-10?. The van der Waals surface area contributed by atoms with E-state index in [1.165, 1.54) is 6.34 Å². The van der Waals surface area contributed by atoms with Crippen LogP contribution in [0.4, 0.5) is 0 Å². The molecule has 15 heavy (non-hydrogen) atoms. The maximum atomic E-state index is 5.84. The minimum absolute atomic E-state index is 0.198. The Morgan fingerprint density at radius 1 is 1.53 bits per heavy atom. The summed E-state index contributed by atoms with van der Waals surface area (Å²) in [4.78, 5) is 11.5. The molecule has 0 aliphatic rings. The summed E-state index contributed by atoms with van der Waals surface area (Å²) < 4.78 is 0. The van der Waals surface area contributed by atoms with E-state index in [9.17, 15) is 0 Å². The second-order valence-corrected chi connectivity index (χ2v) is 3.04. The van der Waals surface area contributed by atoms with Gasteiger partial charge in [-0.1, -0.05) is 23.7 Å². The minimum Gasteiger partial charge on any atom is -0.312 e. The number of nitrogens with zero attached hydrogens (tertiary/aromatic N) is 3. The van der Waals surface area contributed by atoms with Crippen LogP contribution >= 0.6 is 11.6 Å². The molecule has 1 aromatic rings. The molecule has 0 amide bonds.